The summed E-state index contributed by atoms with van der Waals surface area (Å²) in [4.78, 5) is 34.7. The van der Waals surface area contributed by atoms with E-state index >= 15 is 0 Å². The van der Waals surface area contributed by atoms with Crippen molar-refractivity contribution in [2.75, 3.05) is 16.8 Å². The normalized spacial score (nSPS) is 16.0. The highest BCUT2D eigenvalue weighted by molar-refractivity contribution is 6.28. The van der Waals surface area contributed by atoms with E-state index in [1.165, 1.54) is 4.68 Å². The van der Waals surface area contributed by atoms with Crippen LogP contribution in [-0.2, 0) is 22.6 Å². The molecular formula is C17H19ClN6O3. The van der Waals surface area contributed by atoms with E-state index in [1.54, 1.807) is 19.2 Å². The quantitative estimate of drug-likeness (QED) is 0.800. The maximum absolute atomic E-state index is 12.4. The lowest BCUT2D eigenvalue weighted by Gasteiger charge is -2.23. The highest BCUT2D eigenvalue weighted by Crippen LogP contribution is 2.34. The highest BCUT2D eigenvalue weighted by atomic mass is 35.5. The minimum absolute atomic E-state index is 0.0200. The second-order valence-electron chi connectivity index (χ2n) is 6.54. The number of carbonyl (C=O) groups is 2. The average molecular weight is 391 g/mol. The number of rotatable bonds is 4. The van der Waals surface area contributed by atoms with Crippen LogP contribution in [0.1, 0.15) is 37.4 Å². The van der Waals surface area contributed by atoms with Gasteiger partial charge in [0.05, 0.1) is 25.4 Å². The van der Waals surface area contributed by atoms with Crippen molar-refractivity contribution in [2.24, 2.45) is 5.92 Å². The molecule has 1 saturated carbocycles. The topological polar surface area (TPSA) is 102 Å². The van der Waals surface area contributed by atoms with E-state index in [0.29, 0.717) is 30.4 Å². The minimum Gasteiger partial charge on any atom is -0.448 e. The van der Waals surface area contributed by atoms with Gasteiger partial charge in [-0.2, -0.15) is 4.68 Å². The van der Waals surface area contributed by atoms with Crippen molar-refractivity contribution < 1.29 is 14.3 Å². The van der Waals surface area contributed by atoms with Gasteiger partial charge in [0.25, 0.3) is 0 Å². The Morgan fingerprint density at radius 3 is 2.85 bits per heavy atom. The summed E-state index contributed by atoms with van der Waals surface area (Å²) < 4.78 is 6.32. The molecule has 3 heterocycles. The number of halogens is 1. The first-order chi connectivity index (χ1) is 13.1. The van der Waals surface area contributed by atoms with Gasteiger partial charge in [0.2, 0.25) is 11.2 Å². The van der Waals surface area contributed by atoms with Gasteiger partial charge in [0.1, 0.15) is 5.82 Å². The Hall–Kier alpha value is -2.68. The molecule has 1 aliphatic carbocycles. The van der Waals surface area contributed by atoms with Gasteiger partial charge < -0.3 is 15.0 Å². The zero-order valence-corrected chi connectivity index (χ0v) is 15.6. The molecule has 2 aromatic heterocycles. The van der Waals surface area contributed by atoms with Crippen molar-refractivity contribution >= 4 is 35.2 Å². The molecule has 0 unspecified atom stereocenters. The number of nitrogens with zero attached hydrogens (tertiary/aromatic N) is 5. The Kier molecular flexibility index (Phi) is 4.69. The molecule has 0 bridgehead atoms. The van der Waals surface area contributed by atoms with Gasteiger partial charge in [-0.3, -0.25) is 4.79 Å². The molecule has 1 fully saturated rings. The minimum atomic E-state index is -0.569. The number of anilines is 2. The van der Waals surface area contributed by atoms with Gasteiger partial charge in [-0.25, -0.2) is 14.8 Å². The fourth-order valence-corrected chi connectivity index (χ4v) is 3.37. The van der Waals surface area contributed by atoms with Crippen LogP contribution in [0.5, 0.6) is 0 Å². The Morgan fingerprint density at radius 2 is 2.19 bits per heavy atom. The zero-order valence-electron chi connectivity index (χ0n) is 14.8. The number of carbonyl (C=O) groups excluding carboxylic acids is 2. The fourth-order valence-electron chi connectivity index (χ4n) is 3.23. The number of hydrogen-bond acceptors (Lipinski definition) is 7. The monoisotopic (exact) mass is 390 g/mol. The van der Waals surface area contributed by atoms with Gasteiger partial charge in [0, 0.05) is 17.7 Å². The Balaban J connectivity index is 1.63. The van der Waals surface area contributed by atoms with Crippen LogP contribution in [0.3, 0.4) is 0 Å². The molecule has 27 heavy (non-hydrogen) atoms. The molecule has 1 amide bonds. The van der Waals surface area contributed by atoms with E-state index in [-0.39, 0.29) is 23.7 Å². The Morgan fingerprint density at radius 1 is 1.37 bits per heavy atom. The van der Waals surface area contributed by atoms with Crippen LogP contribution in [0.25, 0.3) is 0 Å². The lowest BCUT2D eigenvalue weighted by molar-refractivity contribution is -0.122. The van der Waals surface area contributed by atoms with Gasteiger partial charge in [-0.05, 0) is 37.4 Å². The molecule has 4 rings (SSSR count). The second kappa shape index (κ2) is 7.15. The van der Waals surface area contributed by atoms with Gasteiger partial charge >= 0.3 is 6.09 Å². The number of fused-ring (bicyclic) bond motifs is 1. The maximum atomic E-state index is 12.4. The molecule has 0 saturated heterocycles. The van der Waals surface area contributed by atoms with Crippen LogP contribution in [0.2, 0.25) is 5.28 Å². The third-order valence-corrected chi connectivity index (χ3v) is 5.06. The first kappa shape index (κ1) is 17.7. The van der Waals surface area contributed by atoms with Gasteiger partial charge in [-0.1, -0.05) is 6.42 Å². The lowest BCUT2D eigenvalue weighted by Crippen LogP contribution is -2.29. The highest BCUT2D eigenvalue weighted by Gasteiger charge is 2.33. The first-order valence-electron chi connectivity index (χ1n) is 8.89. The van der Waals surface area contributed by atoms with Crippen molar-refractivity contribution in [1.82, 2.24) is 19.7 Å². The number of amides is 1. The Bertz CT molecular complexity index is 895. The molecule has 0 aromatic carbocycles. The van der Waals surface area contributed by atoms with Gasteiger partial charge in [-0.15, -0.1) is 5.10 Å². The van der Waals surface area contributed by atoms with Crippen LogP contribution >= 0.6 is 11.6 Å². The van der Waals surface area contributed by atoms with Crippen molar-refractivity contribution in [3.05, 3.63) is 28.8 Å². The first-order valence-corrected chi connectivity index (χ1v) is 9.27. The molecule has 1 aliphatic heterocycles. The summed E-state index contributed by atoms with van der Waals surface area (Å²) in [6.45, 7) is 2.81. The molecule has 1 N–H and O–H groups in total. The predicted molar refractivity (Wildman–Crippen MR) is 97.5 cm³/mol. The predicted octanol–water partition coefficient (Wildman–Crippen LogP) is 2.59. The van der Waals surface area contributed by atoms with E-state index in [1.807, 2.05) is 4.90 Å². The van der Waals surface area contributed by atoms with Gasteiger partial charge in [0.15, 0.2) is 5.82 Å². The van der Waals surface area contributed by atoms with E-state index in [0.717, 1.165) is 24.8 Å². The molecule has 9 nitrogen and oxygen atoms in total. The summed E-state index contributed by atoms with van der Waals surface area (Å²) in [6, 6.07) is 1.74. The zero-order chi connectivity index (χ0) is 19.0. The summed E-state index contributed by atoms with van der Waals surface area (Å²) >= 11 is 5.89. The smallest absolute Gasteiger partial charge is 0.435 e. The standard InChI is InChI=1S/C17H19ClN6O3/c1-2-27-17(26)24-12-9-23(13-6-7-19-16(18)20-13)8-11(12)14(22-24)21-15(25)10-4-3-5-10/h6-7,10H,2-5,8-9H2,1H3,(H,21,22,25). The van der Waals surface area contributed by atoms with Crippen LogP contribution in [0, 0.1) is 5.92 Å². The van der Waals surface area contributed by atoms with Crippen LogP contribution < -0.4 is 10.2 Å². The molecule has 10 heteroatoms. The van der Waals surface area contributed by atoms with Crippen molar-refractivity contribution in [2.45, 2.75) is 39.3 Å². The molecule has 0 radical (unpaired) electrons. The van der Waals surface area contributed by atoms with Crippen molar-refractivity contribution in [3.63, 3.8) is 0 Å². The molecule has 0 atom stereocenters. The van der Waals surface area contributed by atoms with E-state index in [2.05, 4.69) is 20.4 Å². The largest absolute Gasteiger partial charge is 0.448 e. The molecule has 2 aromatic rings. The Labute approximate surface area is 160 Å². The lowest BCUT2D eigenvalue weighted by atomic mass is 9.85. The van der Waals surface area contributed by atoms with Crippen LogP contribution in [0.15, 0.2) is 12.3 Å². The molecule has 0 spiro atoms. The summed E-state index contributed by atoms with van der Waals surface area (Å²) in [7, 11) is 0. The average Bonchev–Trinajstić information content (AvgIpc) is 3.14. The summed E-state index contributed by atoms with van der Waals surface area (Å²) in [6.07, 6.45) is 3.84. The summed E-state index contributed by atoms with van der Waals surface area (Å²) in [5, 5.41) is 7.33. The third-order valence-electron chi connectivity index (χ3n) is 4.87. The molecule has 2 aliphatic rings. The number of hydrogen-bond donors (Lipinski definition) is 1. The second-order valence-corrected chi connectivity index (χ2v) is 6.88. The SMILES string of the molecule is CCOC(=O)n1nc(NC(=O)C2CCC2)c2c1CN(c1ccnc(Cl)n1)C2. The van der Waals surface area contributed by atoms with Crippen molar-refractivity contribution in [3.8, 4) is 0 Å². The number of ether oxygens (including phenoxy) is 1. The maximum Gasteiger partial charge on any atom is 0.435 e. The third kappa shape index (κ3) is 3.34. The van der Waals surface area contributed by atoms with Crippen molar-refractivity contribution in [1.29, 1.82) is 0 Å². The summed E-state index contributed by atoms with van der Waals surface area (Å²) in [5.74, 6) is 1.00. The number of aromatic nitrogens is 4. The van der Waals surface area contributed by atoms with E-state index in [9.17, 15) is 9.59 Å². The van der Waals surface area contributed by atoms with E-state index < -0.39 is 6.09 Å². The van der Waals surface area contributed by atoms with Crippen LogP contribution in [-0.4, -0.2) is 38.4 Å². The van der Waals surface area contributed by atoms with Crippen LogP contribution in [0.4, 0.5) is 16.4 Å². The molecular weight excluding hydrogens is 372 g/mol. The van der Waals surface area contributed by atoms with E-state index in [4.69, 9.17) is 16.3 Å². The number of nitrogens with one attached hydrogen (secondary N) is 1. The molecule has 142 valence electrons. The fraction of sp³-hybridized carbons (Fsp3) is 0.471. The summed E-state index contributed by atoms with van der Waals surface area (Å²) in [5.41, 5.74) is 1.46.